The Labute approximate surface area is 230 Å². The summed E-state index contributed by atoms with van der Waals surface area (Å²) < 4.78 is 51.5. The van der Waals surface area contributed by atoms with Crippen molar-refractivity contribution >= 4 is 46.3 Å². The number of esters is 1. The molecule has 0 radical (unpaired) electrons. The van der Waals surface area contributed by atoms with Gasteiger partial charge in [-0.1, -0.05) is 47.5 Å². The fourth-order valence-corrected chi connectivity index (χ4v) is 4.22. The molecule has 0 saturated carbocycles. The zero-order valence-electron chi connectivity index (χ0n) is 20.5. The van der Waals surface area contributed by atoms with E-state index in [-0.39, 0.29) is 39.2 Å². The third kappa shape index (κ3) is 6.23. The fraction of sp³-hybridized carbons (Fsp3) is 0.185. The number of hydrogen-bond acceptors (Lipinski definition) is 6. The summed E-state index contributed by atoms with van der Waals surface area (Å²) in [7, 11) is 0. The molecule has 4 rings (SSSR count). The molecule has 0 spiro atoms. The molecule has 1 aromatic heterocycles. The van der Waals surface area contributed by atoms with Gasteiger partial charge in [-0.3, -0.25) is 4.79 Å². The Bertz CT molecular complexity index is 1610. The van der Waals surface area contributed by atoms with Gasteiger partial charge in [-0.05, 0) is 55.8 Å². The Balaban J connectivity index is 1.78. The molecule has 0 aliphatic heterocycles. The number of alkyl halides is 3. The lowest BCUT2D eigenvalue weighted by atomic mass is 10.1. The number of benzene rings is 3. The van der Waals surface area contributed by atoms with Crippen LogP contribution in [0.3, 0.4) is 0 Å². The second-order valence-electron chi connectivity index (χ2n) is 8.22. The summed E-state index contributed by atoms with van der Waals surface area (Å²) in [6, 6.07) is 13.7. The van der Waals surface area contributed by atoms with Crippen molar-refractivity contribution in [2.45, 2.75) is 26.1 Å². The summed E-state index contributed by atoms with van der Waals surface area (Å²) in [6.07, 6.45) is -4.31. The number of carbonyl (C=O) groups is 1. The highest BCUT2D eigenvalue weighted by atomic mass is 35.5. The van der Waals surface area contributed by atoms with Crippen LogP contribution in [0.4, 0.5) is 13.2 Å². The minimum atomic E-state index is -4.59. The molecule has 4 aromatic rings. The van der Waals surface area contributed by atoms with Crippen molar-refractivity contribution < 1.29 is 27.4 Å². The lowest BCUT2D eigenvalue weighted by Crippen LogP contribution is -2.26. The van der Waals surface area contributed by atoms with E-state index in [4.69, 9.17) is 32.7 Å². The predicted molar refractivity (Wildman–Crippen MR) is 143 cm³/mol. The molecule has 0 N–H and O–H groups in total. The molecular formula is C27H20Cl2F3N3O4. The van der Waals surface area contributed by atoms with Crippen molar-refractivity contribution in [1.82, 2.24) is 9.66 Å². The minimum Gasteiger partial charge on any atom is -0.476 e. The van der Waals surface area contributed by atoms with Gasteiger partial charge in [-0.15, -0.1) is 0 Å². The maximum absolute atomic E-state index is 13.4. The number of ether oxygens (including phenoxy) is 2. The van der Waals surface area contributed by atoms with E-state index in [0.717, 1.165) is 16.8 Å². The first-order chi connectivity index (χ1) is 18.5. The topological polar surface area (TPSA) is 82.8 Å². The minimum absolute atomic E-state index is 0.0394. The van der Waals surface area contributed by atoms with E-state index in [2.05, 4.69) is 10.1 Å². The summed E-state index contributed by atoms with van der Waals surface area (Å²) in [6.45, 7) is 3.32. The number of rotatable bonds is 7. The standard InChI is InChI=1S/C27H20Cl2F3N3O4/c1-3-38-26(37)15(2)39-23-20(28)11-16(12-21(23)29)14-33-35-24(17-7-6-8-18(13-17)27(30,31)32)34-22-10-5-4-9-19(22)25(35)36/h4-15H,3H2,1-2H3/t15-/m1/s1. The highest BCUT2D eigenvalue weighted by Gasteiger charge is 2.31. The van der Waals surface area contributed by atoms with Gasteiger partial charge in [0.15, 0.2) is 17.7 Å². The molecule has 0 fully saturated rings. The highest BCUT2D eigenvalue weighted by molar-refractivity contribution is 6.37. The molecule has 1 heterocycles. The molecule has 1 atom stereocenters. The number of aromatic nitrogens is 2. The number of para-hydroxylation sites is 1. The molecule has 12 heteroatoms. The predicted octanol–water partition coefficient (Wildman–Crippen LogP) is 6.60. The van der Waals surface area contributed by atoms with Crippen LogP contribution in [-0.2, 0) is 15.7 Å². The second-order valence-corrected chi connectivity index (χ2v) is 9.03. The van der Waals surface area contributed by atoms with Crippen LogP contribution in [0.5, 0.6) is 5.75 Å². The molecule has 202 valence electrons. The quantitative estimate of drug-likeness (QED) is 0.182. The summed E-state index contributed by atoms with van der Waals surface area (Å²) >= 11 is 12.7. The van der Waals surface area contributed by atoms with Crippen molar-refractivity contribution in [1.29, 1.82) is 0 Å². The van der Waals surface area contributed by atoms with E-state index in [9.17, 15) is 22.8 Å². The SMILES string of the molecule is CCOC(=O)[C@@H](C)Oc1c(Cl)cc(C=Nn2c(-c3cccc(C(F)(F)F)c3)nc3ccccc3c2=O)cc1Cl. The summed E-state index contributed by atoms with van der Waals surface area (Å²) in [4.78, 5) is 29.6. The van der Waals surface area contributed by atoms with Gasteiger partial charge in [0, 0.05) is 5.56 Å². The molecule has 0 bridgehead atoms. The van der Waals surface area contributed by atoms with Crippen LogP contribution in [0.15, 0.2) is 70.6 Å². The number of hydrogen-bond donors (Lipinski definition) is 0. The highest BCUT2D eigenvalue weighted by Crippen LogP contribution is 2.35. The van der Waals surface area contributed by atoms with Gasteiger partial charge in [0.1, 0.15) is 0 Å². The monoisotopic (exact) mass is 577 g/mol. The molecule has 0 aliphatic rings. The van der Waals surface area contributed by atoms with Crippen molar-refractivity contribution in [3.63, 3.8) is 0 Å². The van der Waals surface area contributed by atoms with Gasteiger partial charge in [0.05, 0.1) is 39.3 Å². The van der Waals surface area contributed by atoms with Crippen LogP contribution < -0.4 is 10.3 Å². The lowest BCUT2D eigenvalue weighted by molar-refractivity contribution is -0.150. The molecule has 39 heavy (non-hydrogen) atoms. The van der Waals surface area contributed by atoms with Gasteiger partial charge >= 0.3 is 12.1 Å². The Hall–Kier alpha value is -3.89. The second kappa shape index (κ2) is 11.5. The van der Waals surface area contributed by atoms with Gasteiger partial charge in [0.25, 0.3) is 5.56 Å². The molecule has 0 unspecified atom stereocenters. The Morgan fingerprint density at radius 3 is 2.46 bits per heavy atom. The number of carbonyl (C=O) groups excluding carboxylic acids is 1. The first-order valence-corrected chi connectivity index (χ1v) is 12.3. The fourth-order valence-electron chi connectivity index (χ4n) is 3.63. The van der Waals surface area contributed by atoms with E-state index in [1.807, 2.05) is 0 Å². The number of fused-ring (bicyclic) bond motifs is 1. The van der Waals surface area contributed by atoms with Crippen molar-refractivity contribution in [2.75, 3.05) is 6.61 Å². The van der Waals surface area contributed by atoms with Crippen LogP contribution in [0.1, 0.15) is 25.0 Å². The van der Waals surface area contributed by atoms with E-state index in [1.165, 1.54) is 43.5 Å². The van der Waals surface area contributed by atoms with Gasteiger partial charge in [-0.2, -0.15) is 22.9 Å². The Morgan fingerprint density at radius 1 is 1.10 bits per heavy atom. The Kier molecular flexibility index (Phi) is 8.27. The van der Waals surface area contributed by atoms with Crippen LogP contribution in [0, 0.1) is 0 Å². The maximum atomic E-state index is 13.4. The van der Waals surface area contributed by atoms with Gasteiger partial charge in [-0.25, -0.2) is 9.78 Å². The summed E-state index contributed by atoms with van der Waals surface area (Å²) in [5, 5.41) is 4.56. The number of nitrogens with zero attached hydrogens (tertiary/aromatic N) is 3. The van der Waals surface area contributed by atoms with Crippen LogP contribution in [-0.4, -0.2) is 34.6 Å². The van der Waals surface area contributed by atoms with Crippen molar-refractivity contribution in [3.05, 3.63) is 92.2 Å². The van der Waals surface area contributed by atoms with E-state index in [0.29, 0.717) is 11.1 Å². The van der Waals surface area contributed by atoms with E-state index >= 15 is 0 Å². The summed E-state index contributed by atoms with van der Waals surface area (Å²) in [5.41, 5.74) is -0.813. The smallest absolute Gasteiger partial charge is 0.416 e. The van der Waals surface area contributed by atoms with Gasteiger partial charge in [0.2, 0.25) is 0 Å². The molecule has 3 aromatic carbocycles. The van der Waals surface area contributed by atoms with Crippen LogP contribution in [0.25, 0.3) is 22.3 Å². The normalized spacial score (nSPS) is 12.6. The van der Waals surface area contributed by atoms with Crippen molar-refractivity contribution in [3.8, 4) is 17.1 Å². The van der Waals surface area contributed by atoms with Crippen molar-refractivity contribution in [2.24, 2.45) is 5.10 Å². The first-order valence-electron chi connectivity index (χ1n) is 11.6. The van der Waals surface area contributed by atoms with Crippen LogP contribution >= 0.6 is 23.2 Å². The molecule has 7 nitrogen and oxygen atoms in total. The van der Waals surface area contributed by atoms with Crippen LogP contribution in [0.2, 0.25) is 10.0 Å². The van der Waals surface area contributed by atoms with E-state index in [1.54, 1.807) is 25.1 Å². The average Bonchev–Trinajstić information content (AvgIpc) is 2.89. The summed E-state index contributed by atoms with van der Waals surface area (Å²) in [5.74, 6) is -0.646. The van der Waals surface area contributed by atoms with Gasteiger partial charge < -0.3 is 9.47 Å². The lowest BCUT2D eigenvalue weighted by Gasteiger charge is -2.16. The first kappa shape index (κ1) is 28.1. The molecular weight excluding hydrogens is 558 g/mol. The third-order valence-electron chi connectivity index (χ3n) is 5.46. The largest absolute Gasteiger partial charge is 0.476 e. The number of halogens is 5. The average molecular weight is 578 g/mol. The third-order valence-corrected chi connectivity index (χ3v) is 6.02. The zero-order chi connectivity index (χ0) is 28.3. The van der Waals surface area contributed by atoms with E-state index < -0.39 is 29.4 Å². The maximum Gasteiger partial charge on any atom is 0.416 e. The molecule has 0 amide bonds. The molecule has 0 aliphatic carbocycles. The molecule has 0 saturated heterocycles. The Morgan fingerprint density at radius 2 is 1.79 bits per heavy atom. The zero-order valence-corrected chi connectivity index (χ0v) is 22.0.